The van der Waals surface area contributed by atoms with Gasteiger partial charge in [-0.1, -0.05) is 26.0 Å². The minimum Gasteiger partial charge on any atom is -0.322 e. The number of aryl methyl sites for hydroxylation is 1. The van der Waals surface area contributed by atoms with Gasteiger partial charge in [-0.15, -0.1) is 0 Å². The van der Waals surface area contributed by atoms with Gasteiger partial charge in [-0.05, 0) is 39.1 Å². The summed E-state index contributed by atoms with van der Waals surface area (Å²) in [5.41, 5.74) is 4.64. The van der Waals surface area contributed by atoms with Gasteiger partial charge in [0.2, 0.25) is 0 Å². The molecule has 0 N–H and O–H groups in total. The van der Waals surface area contributed by atoms with Crippen LogP contribution in [0.5, 0.6) is 0 Å². The monoisotopic (exact) mass is 312 g/mol. The van der Waals surface area contributed by atoms with Crippen LogP contribution in [0.3, 0.4) is 0 Å². The summed E-state index contributed by atoms with van der Waals surface area (Å²) < 4.78 is 4.16. The molecule has 0 unspecified atom stereocenters. The highest BCUT2D eigenvalue weighted by molar-refractivity contribution is 6.03. The van der Waals surface area contributed by atoms with Crippen LogP contribution in [-0.4, -0.2) is 44.5 Å². The third-order valence-electron chi connectivity index (χ3n) is 4.58. The minimum atomic E-state index is 0.0735. The average Bonchev–Trinajstić information content (AvgIpc) is 3.02. The summed E-state index contributed by atoms with van der Waals surface area (Å²) in [5.74, 6) is 0.0735. The summed E-state index contributed by atoms with van der Waals surface area (Å²) in [5, 5.41) is 4.61. The van der Waals surface area contributed by atoms with E-state index in [0.717, 1.165) is 54.1 Å². The molecule has 122 valence electrons. The van der Waals surface area contributed by atoms with Gasteiger partial charge in [0.25, 0.3) is 0 Å². The lowest BCUT2D eigenvalue weighted by atomic mass is 10.2. The van der Waals surface area contributed by atoms with Crippen molar-refractivity contribution in [3.05, 3.63) is 35.5 Å². The van der Waals surface area contributed by atoms with Crippen LogP contribution in [0.1, 0.15) is 36.8 Å². The van der Waals surface area contributed by atoms with E-state index in [0.29, 0.717) is 0 Å². The first-order valence-electron chi connectivity index (χ1n) is 8.28. The molecule has 3 aromatic rings. The van der Waals surface area contributed by atoms with Gasteiger partial charge in [0, 0.05) is 13.1 Å². The standard InChI is InChI=1S/C18H24N4O/c1-5-20(6-2)11-12-21-15-9-7-8-10-16(15)22-18(21)17(14(4)23)13(3)19-22/h7-10H,5-6,11-12H2,1-4H3. The van der Waals surface area contributed by atoms with Gasteiger partial charge in [0.1, 0.15) is 5.65 Å². The van der Waals surface area contributed by atoms with Gasteiger partial charge in [0.05, 0.1) is 22.3 Å². The van der Waals surface area contributed by atoms with Gasteiger partial charge >= 0.3 is 0 Å². The molecule has 0 amide bonds. The lowest BCUT2D eigenvalue weighted by Gasteiger charge is -2.18. The molecule has 0 spiro atoms. The number of aromatic nitrogens is 3. The van der Waals surface area contributed by atoms with Gasteiger partial charge in [-0.25, -0.2) is 4.52 Å². The molecule has 5 nitrogen and oxygen atoms in total. The molecule has 23 heavy (non-hydrogen) atoms. The number of nitrogens with zero attached hydrogens (tertiary/aromatic N) is 4. The maximum absolute atomic E-state index is 12.1. The maximum Gasteiger partial charge on any atom is 0.165 e. The summed E-state index contributed by atoms with van der Waals surface area (Å²) in [6, 6.07) is 8.22. The number of para-hydroxylation sites is 2. The molecule has 2 heterocycles. The molecule has 0 aliphatic carbocycles. The zero-order valence-corrected chi connectivity index (χ0v) is 14.3. The number of likely N-dealkylation sites (N-methyl/N-ethyl adjacent to an activating group) is 1. The lowest BCUT2D eigenvalue weighted by molar-refractivity contribution is 0.101. The Kier molecular flexibility index (Phi) is 4.22. The predicted octanol–water partition coefficient (Wildman–Crippen LogP) is 3.14. The molecule has 2 aromatic heterocycles. The largest absolute Gasteiger partial charge is 0.322 e. The van der Waals surface area contributed by atoms with Crippen LogP contribution in [0.15, 0.2) is 24.3 Å². The molecule has 0 aliphatic rings. The number of ketones is 1. The van der Waals surface area contributed by atoms with Gasteiger partial charge in [0.15, 0.2) is 5.78 Å². The van der Waals surface area contributed by atoms with E-state index >= 15 is 0 Å². The van der Waals surface area contributed by atoms with Crippen molar-refractivity contribution in [1.29, 1.82) is 0 Å². The van der Waals surface area contributed by atoms with Gasteiger partial charge in [-0.2, -0.15) is 5.10 Å². The fraction of sp³-hybridized carbons (Fsp3) is 0.444. The number of fused-ring (bicyclic) bond motifs is 3. The number of carbonyl (C=O) groups is 1. The number of Topliss-reactive ketones (excluding diaryl/α,β-unsaturated/α-hetero) is 1. The molecule has 0 saturated heterocycles. The molecule has 0 radical (unpaired) electrons. The molecule has 1 aromatic carbocycles. The summed E-state index contributed by atoms with van der Waals surface area (Å²) in [6.07, 6.45) is 0. The van der Waals surface area contributed by atoms with Crippen LogP contribution in [0.4, 0.5) is 0 Å². The highest BCUT2D eigenvalue weighted by atomic mass is 16.1. The SMILES string of the molecule is CCN(CC)CCn1c2ccccc2n2nc(C)c(C(C)=O)c12. The van der Waals surface area contributed by atoms with Crippen LogP contribution in [0.2, 0.25) is 0 Å². The highest BCUT2D eigenvalue weighted by Gasteiger charge is 2.21. The second-order valence-electron chi connectivity index (χ2n) is 5.92. The number of imidazole rings is 1. The number of hydrogen-bond donors (Lipinski definition) is 0. The third-order valence-corrected chi connectivity index (χ3v) is 4.58. The lowest BCUT2D eigenvalue weighted by Crippen LogP contribution is -2.27. The van der Waals surface area contributed by atoms with E-state index in [4.69, 9.17) is 0 Å². The van der Waals surface area contributed by atoms with Crippen molar-refractivity contribution in [1.82, 2.24) is 19.1 Å². The first kappa shape index (κ1) is 15.7. The first-order chi connectivity index (χ1) is 11.1. The summed E-state index contributed by atoms with van der Waals surface area (Å²) in [7, 11) is 0. The number of benzene rings is 1. The van der Waals surface area contributed by atoms with E-state index in [9.17, 15) is 4.79 Å². The Bertz CT molecular complexity index is 855. The maximum atomic E-state index is 12.1. The number of hydrogen-bond acceptors (Lipinski definition) is 3. The van der Waals surface area contributed by atoms with Gasteiger partial charge in [-0.3, -0.25) is 4.79 Å². The first-order valence-corrected chi connectivity index (χ1v) is 8.28. The fourth-order valence-corrected chi connectivity index (χ4v) is 3.34. The molecule has 5 heteroatoms. The van der Waals surface area contributed by atoms with E-state index in [2.05, 4.69) is 40.5 Å². The van der Waals surface area contributed by atoms with Crippen LogP contribution in [0.25, 0.3) is 16.7 Å². The second kappa shape index (κ2) is 6.16. The Balaban J connectivity index is 2.21. The smallest absolute Gasteiger partial charge is 0.165 e. The molecule has 0 saturated carbocycles. The predicted molar refractivity (Wildman–Crippen MR) is 93.2 cm³/mol. The Morgan fingerprint density at radius 3 is 2.43 bits per heavy atom. The molecule has 0 aliphatic heterocycles. The zero-order valence-electron chi connectivity index (χ0n) is 14.3. The van der Waals surface area contributed by atoms with Crippen LogP contribution in [-0.2, 0) is 6.54 Å². The van der Waals surface area contributed by atoms with Crippen molar-refractivity contribution in [2.75, 3.05) is 19.6 Å². The summed E-state index contributed by atoms with van der Waals surface area (Å²) >= 11 is 0. The van der Waals surface area contributed by atoms with Crippen LogP contribution >= 0.6 is 0 Å². The van der Waals surface area contributed by atoms with Gasteiger partial charge < -0.3 is 9.47 Å². The quantitative estimate of drug-likeness (QED) is 0.657. The molecule has 0 bridgehead atoms. The Labute approximate surface area is 136 Å². The Morgan fingerprint density at radius 2 is 1.83 bits per heavy atom. The van der Waals surface area contributed by atoms with Crippen molar-refractivity contribution >= 4 is 22.5 Å². The van der Waals surface area contributed by atoms with E-state index in [1.807, 2.05) is 23.6 Å². The van der Waals surface area contributed by atoms with Crippen molar-refractivity contribution < 1.29 is 4.79 Å². The molecular formula is C18H24N4O. The topological polar surface area (TPSA) is 42.5 Å². The third kappa shape index (κ3) is 2.55. The van der Waals surface area contributed by atoms with Crippen molar-refractivity contribution in [2.45, 2.75) is 34.2 Å². The van der Waals surface area contributed by atoms with E-state index in [1.54, 1.807) is 6.92 Å². The van der Waals surface area contributed by atoms with Crippen molar-refractivity contribution in [3.8, 4) is 0 Å². The number of rotatable bonds is 6. The van der Waals surface area contributed by atoms with Crippen molar-refractivity contribution in [2.24, 2.45) is 0 Å². The highest BCUT2D eigenvalue weighted by Crippen LogP contribution is 2.25. The Hall–Kier alpha value is -2.14. The molecule has 3 rings (SSSR count). The van der Waals surface area contributed by atoms with Crippen molar-refractivity contribution in [3.63, 3.8) is 0 Å². The summed E-state index contributed by atoms with van der Waals surface area (Å²) in [4.78, 5) is 14.5. The number of carbonyl (C=O) groups excluding carboxylic acids is 1. The molecular weight excluding hydrogens is 288 g/mol. The van der Waals surface area contributed by atoms with E-state index in [-0.39, 0.29) is 5.78 Å². The second-order valence-corrected chi connectivity index (χ2v) is 5.92. The van der Waals surface area contributed by atoms with Crippen LogP contribution < -0.4 is 0 Å². The fourth-order valence-electron chi connectivity index (χ4n) is 3.34. The normalized spacial score (nSPS) is 11.9. The van der Waals surface area contributed by atoms with Crippen LogP contribution in [0, 0.1) is 6.92 Å². The Morgan fingerprint density at radius 1 is 1.17 bits per heavy atom. The minimum absolute atomic E-state index is 0.0735. The van der Waals surface area contributed by atoms with E-state index < -0.39 is 0 Å². The zero-order chi connectivity index (χ0) is 16.6. The molecule has 0 atom stereocenters. The average molecular weight is 312 g/mol. The summed E-state index contributed by atoms with van der Waals surface area (Å²) in [6.45, 7) is 11.8. The molecule has 0 fully saturated rings. The van der Waals surface area contributed by atoms with E-state index in [1.165, 1.54) is 0 Å².